The fourth-order valence-corrected chi connectivity index (χ4v) is 3.59. The van der Waals surface area contributed by atoms with Crippen LogP contribution in [0.4, 0.5) is 0 Å². The first kappa shape index (κ1) is 16.5. The van der Waals surface area contributed by atoms with Crippen LogP contribution in [0.5, 0.6) is 0 Å². The third-order valence-electron chi connectivity index (χ3n) is 3.99. The standard InChI is InChI=1S/C16H25NO3S/c1-3-17-16(6-5-9-21(18,19)4-2)13-7-8-14-11-20-12-15(14)10-13/h7-8,10,16-17H,3-6,9,11-12H2,1-2H3. The van der Waals surface area contributed by atoms with E-state index >= 15 is 0 Å². The zero-order valence-corrected chi connectivity index (χ0v) is 13.7. The van der Waals surface area contributed by atoms with E-state index in [1.54, 1.807) is 6.92 Å². The number of nitrogens with one attached hydrogen (secondary N) is 1. The number of hydrogen-bond donors (Lipinski definition) is 1. The first-order chi connectivity index (χ1) is 10.1. The molecular formula is C16H25NO3S. The van der Waals surface area contributed by atoms with Gasteiger partial charge in [0.2, 0.25) is 0 Å². The highest BCUT2D eigenvalue weighted by Gasteiger charge is 2.17. The van der Waals surface area contributed by atoms with Crippen LogP contribution in [0.1, 0.15) is 49.4 Å². The van der Waals surface area contributed by atoms with Gasteiger partial charge in [-0.05, 0) is 36.1 Å². The summed E-state index contributed by atoms with van der Waals surface area (Å²) < 4.78 is 28.6. The summed E-state index contributed by atoms with van der Waals surface area (Å²) in [6, 6.07) is 6.68. The quantitative estimate of drug-likeness (QED) is 0.802. The third-order valence-corrected chi connectivity index (χ3v) is 5.78. The fourth-order valence-electron chi connectivity index (χ4n) is 2.69. The number of sulfone groups is 1. The molecule has 0 aliphatic carbocycles. The van der Waals surface area contributed by atoms with Gasteiger partial charge < -0.3 is 10.1 Å². The lowest BCUT2D eigenvalue weighted by molar-refractivity contribution is 0.134. The molecular weight excluding hydrogens is 286 g/mol. The molecule has 1 N–H and O–H groups in total. The van der Waals surface area contributed by atoms with Crippen molar-refractivity contribution in [2.24, 2.45) is 0 Å². The van der Waals surface area contributed by atoms with Gasteiger partial charge >= 0.3 is 0 Å². The maximum Gasteiger partial charge on any atom is 0.150 e. The van der Waals surface area contributed by atoms with E-state index in [9.17, 15) is 8.42 Å². The van der Waals surface area contributed by atoms with Crippen molar-refractivity contribution in [3.63, 3.8) is 0 Å². The number of hydrogen-bond acceptors (Lipinski definition) is 4. The van der Waals surface area contributed by atoms with Gasteiger partial charge in [-0.3, -0.25) is 0 Å². The molecule has 1 aromatic rings. The van der Waals surface area contributed by atoms with Crippen LogP contribution in [0.2, 0.25) is 0 Å². The molecule has 21 heavy (non-hydrogen) atoms. The maximum absolute atomic E-state index is 11.6. The Bertz CT molecular complexity index is 569. The number of ether oxygens (including phenoxy) is 1. The molecule has 1 heterocycles. The van der Waals surface area contributed by atoms with Crippen LogP contribution in [0.3, 0.4) is 0 Å². The summed E-state index contributed by atoms with van der Waals surface area (Å²) >= 11 is 0. The minimum absolute atomic E-state index is 0.216. The summed E-state index contributed by atoms with van der Waals surface area (Å²) in [6.07, 6.45) is 1.54. The average Bonchev–Trinajstić information content (AvgIpc) is 2.93. The van der Waals surface area contributed by atoms with Gasteiger partial charge in [-0.2, -0.15) is 0 Å². The van der Waals surface area contributed by atoms with Crippen LogP contribution >= 0.6 is 0 Å². The molecule has 1 aromatic carbocycles. The van der Waals surface area contributed by atoms with E-state index in [0.717, 1.165) is 13.0 Å². The first-order valence-corrected chi connectivity index (χ1v) is 9.51. The summed E-state index contributed by atoms with van der Waals surface area (Å²) in [7, 11) is -2.87. The second-order valence-corrected chi connectivity index (χ2v) is 7.98. The van der Waals surface area contributed by atoms with Gasteiger partial charge in [0.05, 0.1) is 19.0 Å². The molecule has 1 aliphatic heterocycles. The molecule has 0 bridgehead atoms. The van der Waals surface area contributed by atoms with Crippen molar-refractivity contribution in [2.45, 2.75) is 45.9 Å². The van der Waals surface area contributed by atoms with Gasteiger partial charge in [-0.15, -0.1) is 0 Å². The van der Waals surface area contributed by atoms with Gasteiger partial charge in [0.25, 0.3) is 0 Å². The van der Waals surface area contributed by atoms with Crippen molar-refractivity contribution in [3.05, 3.63) is 34.9 Å². The summed E-state index contributed by atoms with van der Waals surface area (Å²) in [5.41, 5.74) is 3.76. The summed E-state index contributed by atoms with van der Waals surface area (Å²) in [5, 5.41) is 3.46. The summed E-state index contributed by atoms with van der Waals surface area (Å²) in [5.74, 6) is 0.508. The Morgan fingerprint density at radius 1 is 1.24 bits per heavy atom. The highest BCUT2D eigenvalue weighted by molar-refractivity contribution is 7.91. The van der Waals surface area contributed by atoms with Gasteiger partial charge in [0.15, 0.2) is 0 Å². The Labute approximate surface area is 127 Å². The zero-order chi connectivity index (χ0) is 15.3. The number of rotatable bonds is 8. The fraction of sp³-hybridized carbons (Fsp3) is 0.625. The van der Waals surface area contributed by atoms with Crippen molar-refractivity contribution in [3.8, 4) is 0 Å². The van der Waals surface area contributed by atoms with Crippen LogP contribution < -0.4 is 5.32 Å². The van der Waals surface area contributed by atoms with E-state index in [0.29, 0.717) is 19.6 Å². The van der Waals surface area contributed by atoms with E-state index in [1.165, 1.54) is 16.7 Å². The highest BCUT2D eigenvalue weighted by Crippen LogP contribution is 2.26. The largest absolute Gasteiger partial charge is 0.372 e. The summed E-state index contributed by atoms with van der Waals surface area (Å²) in [4.78, 5) is 0. The van der Waals surface area contributed by atoms with E-state index in [2.05, 4.69) is 30.4 Å². The SMILES string of the molecule is CCNC(CCCS(=O)(=O)CC)c1ccc2c(c1)COC2. The zero-order valence-electron chi connectivity index (χ0n) is 12.9. The molecule has 0 aromatic heterocycles. The van der Waals surface area contributed by atoms with Crippen molar-refractivity contribution in [2.75, 3.05) is 18.1 Å². The molecule has 0 amide bonds. The van der Waals surface area contributed by atoms with Gasteiger partial charge in [0.1, 0.15) is 9.84 Å². The maximum atomic E-state index is 11.6. The Hall–Kier alpha value is -0.910. The molecule has 0 spiro atoms. The lowest BCUT2D eigenvalue weighted by Gasteiger charge is -2.19. The predicted molar refractivity (Wildman–Crippen MR) is 84.9 cm³/mol. The average molecular weight is 311 g/mol. The molecule has 1 atom stereocenters. The molecule has 0 saturated heterocycles. The van der Waals surface area contributed by atoms with Crippen LogP contribution in [0.25, 0.3) is 0 Å². The third kappa shape index (κ3) is 4.53. The molecule has 1 unspecified atom stereocenters. The minimum atomic E-state index is -2.87. The molecule has 0 fully saturated rings. The van der Waals surface area contributed by atoms with Crippen LogP contribution in [0.15, 0.2) is 18.2 Å². The number of benzene rings is 1. The molecule has 4 nitrogen and oxygen atoms in total. The number of fused-ring (bicyclic) bond motifs is 1. The Balaban J connectivity index is 2.01. The molecule has 0 radical (unpaired) electrons. The van der Waals surface area contributed by atoms with Crippen molar-refractivity contribution < 1.29 is 13.2 Å². The van der Waals surface area contributed by atoms with E-state index in [1.807, 2.05) is 0 Å². The van der Waals surface area contributed by atoms with Crippen molar-refractivity contribution >= 4 is 9.84 Å². The molecule has 5 heteroatoms. The van der Waals surface area contributed by atoms with Crippen molar-refractivity contribution in [1.82, 2.24) is 5.32 Å². The van der Waals surface area contributed by atoms with Crippen LogP contribution in [-0.4, -0.2) is 26.5 Å². The van der Waals surface area contributed by atoms with E-state index < -0.39 is 9.84 Å². The van der Waals surface area contributed by atoms with Gasteiger partial charge in [-0.25, -0.2) is 8.42 Å². The van der Waals surface area contributed by atoms with E-state index in [4.69, 9.17) is 4.74 Å². The monoisotopic (exact) mass is 311 g/mol. The highest BCUT2D eigenvalue weighted by atomic mass is 32.2. The Morgan fingerprint density at radius 2 is 2.00 bits per heavy atom. The lowest BCUT2D eigenvalue weighted by Crippen LogP contribution is -2.22. The summed E-state index contributed by atoms with van der Waals surface area (Å²) in [6.45, 7) is 6.05. The topological polar surface area (TPSA) is 55.4 Å². The lowest BCUT2D eigenvalue weighted by atomic mass is 9.98. The first-order valence-electron chi connectivity index (χ1n) is 7.69. The molecule has 0 saturated carbocycles. The Morgan fingerprint density at radius 3 is 2.71 bits per heavy atom. The van der Waals surface area contributed by atoms with Crippen molar-refractivity contribution in [1.29, 1.82) is 0 Å². The predicted octanol–water partition coefficient (Wildman–Crippen LogP) is 2.58. The second kappa shape index (κ2) is 7.38. The van der Waals surface area contributed by atoms with Crippen LogP contribution in [0, 0.1) is 0 Å². The minimum Gasteiger partial charge on any atom is -0.372 e. The normalized spacial score (nSPS) is 15.9. The molecule has 2 rings (SSSR count). The second-order valence-electron chi connectivity index (χ2n) is 5.51. The Kier molecular flexibility index (Phi) is 5.79. The van der Waals surface area contributed by atoms with Crippen LogP contribution in [-0.2, 0) is 27.8 Å². The molecule has 118 valence electrons. The van der Waals surface area contributed by atoms with E-state index in [-0.39, 0.29) is 17.5 Å². The van der Waals surface area contributed by atoms with Gasteiger partial charge in [-0.1, -0.05) is 32.0 Å². The molecule has 1 aliphatic rings. The smallest absolute Gasteiger partial charge is 0.150 e. The van der Waals surface area contributed by atoms with Gasteiger partial charge in [0, 0.05) is 11.8 Å².